The topological polar surface area (TPSA) is 0 Å². The summed E-state index contributed by atoms with van der Waals surface area (Å²) in [5.74, 6) is 0. The van der Waals surface area contributed by atoms with E-state index in [0.717, 1.165) is 0 Å². The molecule has 0 saturated heterocycles. The van der Waals surface area contributed by atoms with Crippen LogP contribution in [0.15, 0.2) is 182 Å². The van der Waals surface area contributed by atoms with Gasteiger partial charge >= 0.3 is 0 Å². The van der Waals surface area contributed by atoms with E-state index in [1.807, 2.05) is 0 Å². The number of hydrogen-bond acceptors (Lipinski definition) is 0. The Bertz CT molecular complexity index is 2080. The van der Waals surface area contributed by atoms with Crippen LogP contribution in [0.4, 0.5) is 0 Å². The van der Waals surface area contributed by atoms with Crippen molar-refractivity contribution in [3.05, 3.63) is 249 Å². The van der Waals surface area contributed by atoms with Gasteiger partial charge in [0.05, 0.1) is 0 Å². The lowest BCUT2D eigenvalue weighted by atomic mass is 9.95. The van der Waals surface area contributed by atoms with Gasteiger partial charge in [0.15, 0.2) is 0 Å². The van der Waals surface area contributed by atoms with Crippen molar-refractivity contribution in [2.24, 2.45) is 0 Å². The molecule has 0 N–H and O–H groups in total. The second kappa shape index (κ2) is 16.5. The van der Waals surface area contributed by atoms with Crippen molar-refractivity contribution in [2.75, 3.05) is 0 Å². The molecule has 7 aromatic rings. The summed E-state index contributed by atoms with van der Waals surface area (Å²) in [5, 5.41) is 0. The Labute approximate surface area is 309 Å². The van der Waals surface area contributed by atoms with Crippen molar-refractivity contribution in [3.8, 4) is 0 Å². The molecule has 0 unspecified atom stereocenters. The van der Waals surface area contributed by atoms with Crippen LogP contribution in [0.2, 0.25) is 0 Å². The van der Waals surface area contributed by atoms with E-state index in [2.05, 4.69) is 232 Å². The average molecular weight is 667 g/mol. The van der Waals surface area contributed by atoms with Crippen molar-refractivity contribution in [1.82, 2.24) is 0 Å². The number of benzene rings is 7. The minimum absolute atomic E-state index is 1.18. The van der Waals surface area contributed by atoms with Crippen molar-refractivity contribution in [1.29, 1.82) is 0 Å². The molecular weight excluding hydrogens is 625 g/mol. The summed E-state index contributed by atoms with van der Waals surface area (Å²) in [6, 6.07) is 64.6. The lowest BCUT2D eigenvalue weighted by Gasteiger charge is -2.09. The predicted molar refractivity (Wildman–Crippen MR) is 226 cm³/mol. The molecule has 7 aromatic carbocycles. The SMILES string of the molecule is Cc1cc(C=Cc2ccc(C=C(c3ccccc3)c3ccccc3)cc2)c(C)cc1C=Cc1ccc(C=C(c2ccccc2)c2ccccc2)cc1. The van der Waals surface area contributed by atoms with Crippen molar-refractivity contribution in [3.63, 3.8) is 0 Å². The fraction of sp³-hybridized carbons (Fsp3) is 0.0385. The van der Waals surface area contributed by atoms with Crippen LogP contribution >= 0.6 is 0 Å². The van der Waals surface area contributed by atoms with Gasteiger partial charge in [-0.2, -0.15) is 0 Å². The third kappa shape index (κ3) is 8.62. The molecule has 7 rings (SSSR count). The summed E-state index contributed by atoms with van der Waals surface area (Å²) >= 11 is 0. The second-order valence-electron chi connectivity index (χ2n) is 13.1. The largest absolute Gasteiger partial charge is 0.0622 e. The Hall–Kier alpha value is -6.50. The zero-order valence-corrected chi connectivity index (χ0v) is 29.8. The first-order valence-electron chi connectivity index (χ1n) is 17.9. The van der Waals surface area contributed by atoms with E-state index >= 15 is 0 Å². The van der Waals surface area contributed by atoms with Gasteiger partial charge in [-0.3, -0.25) is 0 Å². The van der Waals surface area contributed by atoms with Crippen LogP contribution in [0.25, 0.3) is 47.6 Å². The Kier molecular flexibility index (Phi) is 10.8. The molecule has 0 fully saturated rings. The molecule has 250 valence electrons. The van der Waals surface area contributed by atoms with Gasteiger partial charge in [-0.15, -0.1) is 0 Å². The van der Waals surface area contributed by atoms with Gasteiger partial charge in [0.25, 0.3) is 0 Å². The molecule has 0 heterocycles. The first-order valence-corrected chi connectivity index (χ1v) is 17.9. The summed E-state index contributed by atoms with van der Waals surface area (Å²) in [4.78, 5) is 0. The van der Waals surface area contributed by atoms with Crippen molar-refractivity contribution in [2.45, 2.75) is 13.8 Å². The number of rotatable bonds is 10. The van der Waals surface area contributed by atoms with Gasteiger partial charge in [0, 0.05) is 0 Å². The van der Waals surface area contributed by atoms with Gasteiger partial charge in [-0.1, -0.05) is 206 Å². The highest BCUT2D eigenvalue weighted by atomic mass is 14.1. The quantitative estimate of drug-likeness (QED) is 0.127. The van der Waals surface area contributed by atoms with Crippen molar-refractivity contribution >= 4 is 47.6 Å². The smallest absolute Gasteiger partial charge is 0.0105 e. The first kappa shape index (κ1) is 34.0. The van der Waals surface area contributed by atoms with E-state index in [1.54, 1.807) is 0 Å². The molecule has 0 atom stereocenters. The van der Waals surface area contributed by atoms with Crippen LogP contribution in [0.3, 0.4) is 0 Å². The maximum absolute atomic E-state index is 2.29. The fourth-order valence-electron chi connectivity index (χ4n) is 6.47. The number of aryl methyl sites for hydroxylation is 2. The molecule has 0 aromatic heterocycles. The van der Waals surface area contributed by atoms with Gasteiger partial charge in [0.1, 0.15) is 0 Å². The molecule has 0 aliphatic heterocycles. The lowest BCUT2D eigenvalue weighted by Crippen LogP contribution is -1.89. The maximum atomic E-state index is 2.29. The monoisotopic (exact) mass is 666 g/mol. The average Bonchev–Trinajstić information content (AvgIpc) is 3.21. The molecule has 0 nitrogen and oxygen atoms in total. The van der Waals surface area contributed by atoms with Crippen LogP contribution < -0.4 is 0 Å². The lowest BCUT2D eigenvalue weighted by molar-refractivity contribution is 1.36. The molecule has 0 radical (unpaired) electrons. The molecule has 52 heavy (non-hydrogen) atoms. The third-order valence-corrected chi connectivity index (χ3v) is 9.40. The maximum Gasteiger partial charge on any atom is -0.0105 e. The van der Waals surface area contributed by atoms with Crippen LogP contribution in [0, 0.1) is 13.8 Å². The van der Waals surface area contributed by atoms with Crippen LogP contribution in [0.5, 0.6) is 0 Å². The normalized spacial score (nSPS) is 11.1. The van der Waals surface area contributed by atoms with E-state index < -0.39 is 0 Å². The van der Waals surface area contributed by atoms with E-state index in [4.69, 9.17) is 0 Å². The van der Waals surface area contributed by atoms with Gasteiger partial charge in [-0.25, -0.2) is 0 Å². The molecule has 0 bridgehead atoms. The standard InChI is InChI=1S/C52H42/c1-39-35-50(34-32-42-25-29-44(30-26-42)38-52(47-19-11-5-12-20-47)48-21-13-6-14-22-48)40(2)36-49(39)33-31-41-23-27-43(28-24-41)37-51(45-15-7-3-8-16-45)46-17-9-4-10-18-46/h3-38H,1-2H3. The Morgan fingerprint density at radius 2 is 0.577 bits per heavy atom. The highest BCUT2D eigenvalue weighted by Crippen LogP contribution is 2.28. The molecular formula is C52H42. The molecule has 0 amide bonds. The van der Waals surface area contributed by atoms with Gasteiger partial charge in [0.2, 0.25) is 0 Å². The fourth-order valence-corrected chi connectivity index (χ4v) is 6.47. The molecule has 0 aliphatic rings. The minimum Gasteiger partial charge on any atom is -0.0622 e. The van der Waals surface area contributed by atoms with E-state index in [1.165, 1.54) is 77.9 Å². The van der Waals surface area contributed by atoms with Crippen LogP contribution in [-0.2, 0) is 0 Å². The molecule has 0 spiro atoms. The summed E-state index contributed by atoms with van der Waals surface area (Å²) in [6.45, 7) is 4.38. The summed E-state index contributed by atoms with van der Waals surface area (Å²) in [6.07, 6.45) is 13.4. The Balaban J connectivity index is 1.04. The van der Waals surface area contributed by atoms with E-state index in [9.17, 15) is 0 Å². The summed E-state index contributed by atoms with van der Waals surface area (Å²) < 4.78 is 0. The highest BCUT2D eigenvalue weighted by Gasteiger charge is 2.07. The summed E-state index contributed by atoms with van der Waals surface area (Å²) in [7, 11) is 0. The van der Waals surface area contributed by atoms with Crippen molar-refractivity contribution < 1.29 is 0 Å². The third-order valence-electron chi connectivity index (χ3n) is 9.40. The minimum atomic E-state index is 1.18. The second-order valence-corrected chi connectivity index (χ2v) is 13.1. The zero-order valence-electron chi connectivity index (χ0n) is 29.8. The molecule has 0 saturated carbocycles. The van der Waals surface area contributed by atoms with E-state index in [-0.39, 0.29) is 0 Å². The predicted octanol–water partition coefficient (Wildman–Crippen LogP) is 13.8. The number of hydrogen-bond donors (Lipinski definition) is 0. The molecule has 0 aliphatic carbocycles. The Morgan fingerprint density at radius 1 is 0.308 bits per heavy atom. The zero-order chi connectivity index (χ0) is 35.5. The van der Waals surface area contributed by atoms with E-state index in [0.29, 0.717) is 0 Å². The van der Waals surface area contributed by atoms with Gasteiger partial charge in [-0.05, 0) is 104 Å². The summed E-state index contributed by atoms with van der Waals surface area (Å²) in [5.41, 5.74) is 17.0. The van der Waals surface area contributed by atoms with Gasteiger partial charge < -0.3 is 0 Å². The Morgan fingerprint density at radius 3 is 0.865 bits per heavy atom. The highest BCUT2D eigenvalue weighted by molar-refractivity contribution is 5.92. The first-order chi connectivity index (χ1) is 25.6. The molecule has 0 heteroatoms. The van der Waals surface area contributed by atoms with Crippen LogP contribution in [0.1, 0.15) is 66.8 Å². The van der Waals surface area contributed by atoms with Crippen LogP contribution in [-0.4, -0.2) is 0 Å².